The van der Waals surface area contributed by atoms with E-state index < -0.39 is 10.5 Å². The molecule has 0 bridgehead atoms. The average Bonchev–Trinajstić information content (AvgIpc) is 2.96. The maximum absolute atomic E-state index is 12.9. The number of nitrogens with one attached hydrogen (secondary N) is 1. The fourth-order valence-electron chi connectivity index (χ4n) is 3.07. The molecule has 1 aliphatic rings. The quantitative estimate of drug-likeness (QED) is 0.631. The zero-order chi connectivity index (χ0) is 17.5. The Labute approximate surface area is 149 Å². The molecule has 8 nitrogen and oxygen atoms in total. The molecule has 1 aliphatic heterocycles. The number of benzene rings is 1. The molecule has 1 fully saturated rings. The number of H-pyrrole nitrogens is 1. The Morgan fingerprint density at radius 2 is 2.16 bits per heavy atom. The molecule has 9 heteroatoms. The predicted molar refractivity (Wildman–Crippen MR) is 96.2 cm³/mol. The third kappa shape index (κ3) is 3.49. The molecule has 3 rings (SSSR count). The highest BCUT2D eigenvalue weighted by Crippen LogP contribution is 2.30. The van der Waals surface area contributed by atoms with Crippen LogP contribution in [0.2, 0.25) is 0 Å². The summed E-state index contributed by atoms with van der Waals surface area (Å²) < 4.78 is 0. The number of rotatable bonds is 3. The number of halogens is 1. The highest BCUT2D eigenvalue weighted by molar-refractivity contribution is 6.06. The minimum atomic E-state index is -0.528. The van der Waals surface area contributed by atoms with Crippen molar-refractivity contribution in [2.75, 3.05) is 19.6 Å². The lowest BCUT2D eigenvalue weighted by atomic mass is 9.90. The van der Waals surface area contributed by atoms with Crippen molar-refractivity contribution in [2.45, 2.75) is 13.3 Å². The molecule has 1 amide bonds. The number of carbonyl (C=O) groups is 1. The van der Waals surface area contributed by atoms with Gasteiger partial charge in [-0.1, -0.05) is 6.92 Å². The van der Waals surface area contributed by atoms with Crippen LogP contribution in [0.5, 0.6) is 0 Å². The summed E-state index contributed by atoms with van der Waals surface area (Å²) >= 11 is 0. The molecule has 25 heavy (non-hydrogen) atoms. The van der Waals surface area contributed by atoms with E-state index in [1.54, 1.807) is 4.90 Å². The van der Waals surface area contributed by atoms with Crippen molar-refractivity contribution in [1.29, 1.82) is 0 Å². The minimum Gasteiger partial charge on any atom is -0.338 e. The van der Waals surface area contributed by atoms with E-state index in [2.05, 4.69) is 4.98 Å². The van der Waals surface area contributed by atoms with Gasteiger partial charge in [-0.25, -0.2) is 0 Å². The Hall–Kier alpha value is -2.45. The highest BCUT2D eigenvalue weighted by atomic mass is 35.5. The molecule has 1 unspecified atom stereocenters. The smallest absolute Gasteiger partial charge is 0.270 e. The topological polar surface area (TPSA) is 122 Å². The van der Waals surface area contributed by atoms with Crippen molar-refractivity contribution >= 4 is 34.9 Å². The van der Waals surface area contributed by atoms with E-state index in [-0.39, 0.29) is 35.0 Å². The molecule has 134 valence electrons. The van der Waals surface area contributed by atoms with Crippen molar-refractivity contribution in [3.63, 3.8) is 0 Å². The van der Waals surface area contributed by atoms with Gasteiger partial charge in [0.1, 0.15) is 0 Å². The third-order valence-electron chi connectivity index (χ3n) is 4.61. The van der Waals surface area contributed by atoms with E-state index in [1.807, 2.05) is 6.92 Å². The van der Waals surface area contributed by atoms with Crippen LogP contribution in [0.4, 0.5) is 5.69 Å². The first-order valence-electron chi connectivity index (χ1n) is 7.64. The molecule has 1 saturated heterocycles. The number of nitro benzene ring substituents is 1. The average molecular weight is 367 g/mol. The van der Waals surface area contributed by atoms with Gasteiger partial charge in [-0.05, 0) is 24.4 Å². The SMILES string of the molecule is CC1(CN)CCN(C(=O)c2cc(=O)[nH]c3ccc([N+](=O)[O-])cc23)C1.Cl. The van der Waals surface area contributed by atoms with Gasteiger partial charge in [0.05, 0.1) is 10.5 Å². The van der Waals surface area contributed by atoms with Gasteiger partial charge in [0.15, 0.2) is 0 Å². The fraction of sp³-hybridized carbons (Fsp3) is 0.375. The molecular formula is C16H19ClN4O4. The predicted octanol–water partition coefficient (Wildman–Crippen LogP) is 1.67. The van der Waals surface area contributed by atoms with Crippen molar-refractivity contribution in [3.8, 4) is 0 Å². The number of pyridine rings is 1. The number of nitrogens with two attached hydrogens (primary N) is 1. The van der Waals surface area contributed by atoms with Gasteiger partial charge in [0.2, 0.25) is 5.56 Å². The van der Waals surface area contributed by atoms with Gasteiger partial charge in [0, 0.05) is 42.2 Å². The summed E-state index contributed by atoms with van der Waals surface area (Å²) in [7, 11) is 0. The summed E-state index contributed by atoms with van der Waals surface area (Å²) in [6.45, 7) is 3.54. The number of amides is 1. The number of nitro groups is 1. The van der Waals surface area contributed by atoms with E-state index in [1.165, 1.54) is 24.3 Å². The van der Waals surface area contributed by atoms with Crippen LogP contribution in [-0.4, -0.2) is 40.3 Å². The van der Waals surface area contributed by atoms with Gasteiger partial charge in [-0.2, -0.15) is 0 Å². The van der Waals surface area contributed by atoms with Gasteiger partial charge >= 0.3 is 0 Å². The van der Waals surface area contributed by atoms with E-state index in [0.717, 1.165) is 6.42 Å². The lowest BCUT2D eigenvalue weighted by molar-refractivity contribution is -0.384. The third-order valence-corrected chi connectivity index (χ3v) is 4.61. The molecule has 1 atom stereocenters. The van der Waals surface area contributed by atoms with Gasteiger partial charge < -0.3 is 15.6 Å². The molecule has 0 radical (unpaired) electrons. The van der Waals surface area contributed by atoms with E-state index in [4.69, 9.17) is 5.73 Å². The first-order valence-corrected chi connectivity index (χ1v) is 7.64. The summed E-state index contributed by atoms with van der Waals surface area (Å²) in [5, 5.41) is 11.4. The van der Waals surface area contributed by atoms with Crippen LogP contribution < -0.4 is 11.3 Å². The molecule has 2 aromatic rings. The van der Waals surface area contributed by atoms with Crippen molar-refractivity contribution in [1.82, 2.24) is 9.88 Å². The second-order valence-electron chi connectivity index (χ2n) is 6.53. The first kappa shape index (κ1) is 18.9. The van der Waals surface area contributed by atoms with Gasteiger partial charge in [-0.3, -0.25) is 19.7 Å². The monoisotopic (exact) mass is 366 g/mol. The molecule has 1 aromatic carbocycles. The standard InChI is InChI=1S/C16H18N4O4.ClH/c1-16(8-17)4-5-19(9-16)15(22)12-7-14(21)18-13-3-2-10(20(23)24)6-11(12)13;/h2-3,6-7H,4-5,8-9,17H2,1H3,(H,18,21);1H. The second-order valence-corrected chi connectivity index (χ2v) is 6.53. The number of hydrogen-bond acceptors (Lipinski definition) is 5. The van der Waals surface area contributed by atoms with E-state index >= 15 is 0 Å². The fourth-order valence-corrected chi connectivity index (χ4v) is 3.07. The first-order chi connectivity index (χ1) is 11.3. The van der Waals surface area contributed by atoms with Crippen LogP contribution in [0, 0.1) is 15.5 Å². The minimum absolute atomic E-state index is 0. The Bertz CT molecular complexity index is 897. The number of hydrogen-bond donors (Lipinski definition) is 2. The largest absolute Gasteiger partial charge is 0.338 e. The summed E-state index contributed by atoms with van der Waals surface area (Å²) in [5.41, 5.74) is 5.66. The normalized spacial score (nSPS) is 19.7. The molecule has 1 aromatic heterocycles. The van der Waals surface area contributed by atoms with Crippen LogP contribution in [0.25, 0.3) is 10.9 Å². The van der Waals surface area contributed by atoms with Crippen LogP contribution >= 0.6 is 12.4 Å². The Balaban J connectivity index is 0.00000225. The zero-order valence-electron chi connectivity index (χ0n) is 13.7. The van der Waals surface area contributed by atoms with E-state index in [0.29, 0.717) is 30.5 Å². The van der Waals surface area contributed by atoms with Crippen LogP contribution in [0.15, 0.2) is 29.1 Å². The van der Waals surface area contributed by atoms with Crippen LogP contribution in [-0.2, 0) is 0 Å². The lowest BCUT2D eigenvalue weighted by Gasteiger charge is -2.22. The van der Waals surface area contributed by atoms with Crippen molar-refractivity contribution in [3.05, 3.63) is 50.3 Å². The molecule has 0 saturated carbocycles. The zero-order valence-corrected chi connectivity index (χ0v) is 14.5. The second kappa shape index (κ2) is 6.81. The number of aromatic amines is 1. The number of likely N-dealkylation sites (tertiary alicyclic amines) is 1. The summed E-state index contributed by atoms with van der Waals surface area (Å²) in [6, 6.07) is 5.26. The number of fused-ring (bicyclic) bond motifs is 1. The molecular weight excluding hydrogens is 348 g/mol. The van der Waals surface area contributed by atoms with Gasteiger partial charge in [-0.15, -0.1) is 12.4 Å². The maximum atomic E-state index is 12.9. The number of aromatic nitrogens is 1. The number of nitrogens with zero attached hydrogens (tertiary/aromatic N) is 2. The molecule has 3 N–H and O–H groups in total. The van der Waals surface area contributed by atoms with Gasteiger partial charge in [0.25, 0.3) is 11.6 Å². The summed E-state index contributed by atoms with van der Waals surface area (Å²) in [4.78, 5) is 39.4. The van der Waals surface area contributed by atoms with Crippen LogP contribution in [0.3, 0.4) is 0 Å². The molecule has 0 aliphatic carbocycles. The number of non-ortho nitro benzene ring substituents is 1. The summed E-state index contributed by atoms with van der Waals surface area (Å²) in [6.07, 6.45) is 0.788. The van der Waals surface area contributed by atoms with Crippen molar-refractivity contribution in [2.24, 2.45) is 11.1 Å². The van der Waals surface area contributed by atoms with Crippen LogP contribution in [0.1, 0.15) is 23.7 Å². The Morgan fingerprint density at radius 3 is 2.76 bits per heavy atom. The number of carbonyl (C=O) groups excluding carboxylic acids is 1. The summed E-state index contributed by atoms with van der Waals surface area (Å²) in [5.74, 6) is -0.302. The molecule has 2 heterocycles. The highest BCUT2D eigenvalue weighted by Gasteiger charge is 2.35. The maximum Gasteiger partial charge on any atom is 0.270 e. The lowest BCUT2D eigenvalue weighted by Crippen LogP contribution is -2.35. The van der Waals surface area contributed by atoms with Crippen molar-refractivity contribution < 1.29 is 9.72 Å². The molecule has 0 spiro atoms. The Morgan fingerprint density at radius 1 is 1.44 bits per heavy atom. The van der Waals surface area contributed by atoms with E-state index in [9.17, 15) is 19.7 Å². The Kier molecular flexibility index (Phi) is 5.15.